The molecule has 0 aliphatic rings. The summed E-state index contributed by atoms with van der Waals surface area (Å²) in [4.78, 5) is 26.0. The van der Waals surface area contributed by atoms with Crippen molar-refractivity contribution in [3.63, 3.8) is 0 Å². The van der Waals surface area contributed by atoms with Crippen molar-refractivity contribution in [2.75, 3.05) is 0 Å². The van der Waals surface area contributed by atoms with Crippen LogP contribution in [0.4, 0.5) is 0 Å². The molecule has 0 aliphatic heterocycles. The number of nitrogens with zero attached hydrogens (tertiary/aromatic N) is 2. The highest BCUT2D eigenvalue weighted by Crippen LogP contribution is 2.27. The molecule has 0 spiro atoms. The number of rotatable bonds is 4. The molecule has 160 valence electrons. The van der Waals surface area contributed by atoms with Crippen LogP contribution in [-0.2, 0) is 0 Å². The van der Waals surface area contributed by atoms with Crippen molar-refractivity contribution in [2.24, 2.45) is 0 Å². The predicted molar refractivity (Wildman–Crippen MR) is 132 cm³/mol. The average Bonchev–Trinajstić information content (AvgIpc) is 2.85. The van der Waals surface area contributed by atoms with Gasteiger partial charge in [-0.25, -0.2) is 0 Å². The van der Waals surface area contributed by atoms with Crippen molar-refractivity contribution < 1.29 is 9.90 Å². The smallest absolute Gasteiger partial charge is 0.279 e. The molecular formula is C27H17BrN2O3. The third-order valence-corrected chi connectivity index (χ3v) is 5.95. The van der Waals surface area contributed by atoms with Crippen LogP contribution < -0.4 is 5.56 Å². The predicted octanol–water partition coefficient (Wildman–Crippen LogP) is 5.75. The van der Waals surface area contributed by atoms with E-state index in [4.69, 9.17) is 0 Å². The quantitative estimate of drug-likeness (QED) is 0.321. The topological polar surface area (TPSA) is 72.2 Å². The summed E-state index contributed by atoms with van der Waals surface area (Å²) in [5.41, 5.74) is 2.81. The first kappa shape index (κ1) is 20.8. The lowest BCUT2D eigenvalue weighted by molar-refractivity contribution is 0.103. The number of hydrogen-bond acceptors (Lipinski definition) is 4. The third-order valence-electron chi connectivity index (χ3n) is 5.43. The van der Waals surface area contributed by atoms with Crippen LogP contribution >= 0.6 is 15.9 Å². The molecule has 5 rings (SSSR count). The highest BCUT2D eigenvalue weighted by Gasteiger charge is 2.14. The number of ketones is 1. The molecule has 5 nitrogen and oxygen atoms in total. The first-order valence-electron chi connectivity index (χ1n) is 10.2. The summed E-state index contributed by atoms with van der Waals surface area (Å²) >= 11 is 3.37. The number of phenolic OH excluding ortho intramolecular Hbond substituents is 1. The van der Waals surface area contributed by atoms with E-state index in [2.05, 4.69) is 21.0 Å². The first-order valence-corrected chi connectivity index (χ1v) is 11.0. The summed E-state index contributed by atoms with van der Waals surface area (Å²) in [6, 6.07) is 28.0. The molecular weight excluding hydrogens is 480 g/mol. The van der Waals surface area contributed by atoms with Crippen LogP contribution in [0.25, 0.3) is 27.7 Å². The first-order chi connectivity index (χ1) is 16.0. The fraction of sp³-hybridized carbons (Fsp3) is 0. The van der Waals surface area contributed by atoms with Gasteiger partial charge in [-0.15, -0.1) is 0 Å². The maximum atomic E-state index is 13.2. The number of carbonyl (C=O) groups excluding carboxylic acids is 1. The number of phenols is 1. The van der Waals surface area contributed by atoms with E-state index in [1.165, 1.54) is 4.68 Å². The normalized spacial score (nSPS) is 10.9. The van der Waals surface area contributed by atoms with Gasteiger partial charge in [0.1, 0.15) is 5.75 Å². The summed E-state index contributed by atoms with van der Waals surface area (Å²) in [5, 5.41) is 15.6. The second-order valence-electron chi connectivity index (χ2n) is 7.54. The third kappa shape index (κ3) is 3.97. The van der Waals surface area contributed by atoms with Gasteiger partial charge in [-0.3, -0.25) is 9.59 Å². The Hall–Kier alpha value is -4.03. The van der Waals surface area contributed by atoms with Gasteiger partial charge in [0.25, 0.3) is 5.56 Å². The molecule has 0 saturated heterocycles. The maximum Gasteiger partial charge on any atom is 0.279 e. The van der Waals surface area contributed by atoms with Crippen LogP contribution in [-0.4, -0.2) is 20.7 Å². The van der Waals surface area contributed by atoms with Crippen molar-refractivity contribution in [1.82, 2.24) is 9.78 Å². The molecule has 1 heterocycles. The molecule has 33 heavy (non-hydrogen) atoms. The van der Waals surface area contributed by atoms with Crippen molar-refractivity contribution in [3.8, 4) is 22.7 Å². The second-order valence-corrected chi connectivity index (χ2v) is 8.46. The Balaban J connectivity index is 1.60. The Morgan fingerprint density at radius 2 is 1.33 bits per heavy atom. The Labute approximate surface area is 197 Å². The highest BCUT2D eigenvalue weighted by molar-refractivity contribution is 9.10. The zero-order chi connectivity index (χ0) is 22.9. The van der Waals surface area contributed by atoms with Gasteiger partial charge in [0, 0.05) is 26.5 Å². The van der Waals surface area contributed by atoms with Crippen molar-refractivity contribution in [2.45, 2.75) is 0 Å². The van der Waals surface area contributed by atoms with Crippen LogP contribution in [0.1, 0.15) is 15.9 Å². The average molecular weight is 497 g/mol. The van der Waals surface area contributed by atoms with E-state index in [0.717, 1.165) is 15.4 Å². The van der Waals surface area contributed by atoms with Gasteiger partial charge < -0.3 is 5.11 Å². The number of aromatic hydroxyl groups is 1. The minimum atomic E-state index is -0.250. The van der Waals surface area contributed by atoms with E-state index in [1.54, 1.807) is 66.7 Å². The summed E-state index contributed by atoms with van der Waals surface area (Å²) in [5.74, 6) is 0.0556. The molecule has 0 unspecified atom stereocenters. The van der Waals surface area contributed by atoms with Crippen LogP contribution in [0.15, 0.2) is 106 Å². The molecule has 1 N–H and O–H groups in total. The fourth-order valence-electron chi connectivity index (χ4n) is 3.72. The van der Waals surface area contributed by atoms with Gasteiger partial charge >= 0.3 is 0 Å². The summed E-state index contributed by atoms with van der Waals surface area (Å²) in [6.07, 6.45) is 0. The minimum absolute atomic E-state index is 0.0994. The van der Waals surface area contributed by atoms with Gasteiger partial charge in [-0.1, -0.05) is 34.1 Å². The molecule has 6 heteroatoms. The van der Waals surface area contributed by atoms with Gasteiger partial charge in [0.15, 0.2) is 5.78 Å². The van der Waals surface area contributed by atoms with Gasteiger partial charge in [-0.2, -0.15) is 9.78 Å². The maximum absolute atomic E-state index is 13.2. The summed E-state index contributed by atoms with van der Waals surface area (Å²) in [6.45, 7) is 0. The molecule has 0 aliphatic carbocycles. The van der Waals surface area contributed by atoms with E-state index in [-0.39, 0.29) is 17.1 Å². The van der Waals surface area contributed by atoms with Crippen molar-refractivity contribution >= 4 is 32.5 Å². The van der Waals surface area contributed by atoms with E-state index in [9.17, 15) is 14.7 Å². The van der Waals surface area contributed by atoms with Crippen LogP contribution in [0.5, 0.6) is 5.75 Å². The standard InChI is InChI=1S/C27H17BrN2O3/c28-20-11-5-18(6-12-20)26(32)19-7-13-21(14-8-19)30-27(33)24-4-2-1-3-23(24)25(29-30)17-9-15-22(31)16-10-17/h1-16,31H. The Kier molecular flexibility index (Phi) is 5.36. The molecule has 0 fully saturated rings. The summed E-state index contributed by atoms with van der Waals surface area (Å²) < 4.78 is 2.25. The van der Waals surface area contributed by atoms with Crippen LogP contribution in [0.3, 0.4) is 0 Å². The Morgan fingerprint density at radius 1 is 0.758 bits per heavy atom. The number of benzene rings is 4. The molecule has 0 radical (unpaired) electrons. The molecule has 0 bridgehead atoms. The Morgan fingerprint density at radius 3 is 1.97 bits per heavy atom. The van der Waals surface area contributed by atoms with E-state index < -0.39 is 0 Å². The second kappa shape index (κ2) is 8.48. The number of hydrogen-bond donors (Lipinski definition) is 1. The monoisotopic (exact) mass is 496 g/mol. The number of fused-ring (bicyclic) bond motifs is 1. The van der Waals surface area contributed by atoms with E-state index in [0.29, 0.717) is 27.9 Å². The lowest BCUT2D eigenvalue weighted by atomic mass is 10.0. The Bertz CT molecular complexity index is 1540. The molecule has 0 atom stereocenters. The lowest BCUT2D eigenvalue weighted by Gasteiger charge is -2.12. The molecule has 0 amide bonds. The van der Waals surface area contributed by atoms with Crippen molar-refractivity contribution in [1.29, 1.82) is 0 Å². The molecule has 4 aromatic carbocycles. The largest absolute Gasteiger partial charge is 0.508 e. The van der Waals surface area contributed by atoms with Gasteiger partial charge in [0.05, 0.1) is 16.8 Å². The minimum Gasteiger partial charge on any atom is -0.508 e. The molecule has 5 aromatic rings. The zero-order valence-corrected chi connectivity index (χ0v) is 18.9. The fourth-order valence-corrected chi connectivity index (χ4v) is 3.98. The number of halogens is 1. The van der Waals surface area contributed by atoms with Gasteiger partial charge in [-0.05, 0) is 78.9 Å². The summed E-state index contributed by atoms with van der Waals surface area (Å²) in [7, 11) is 0. The molecule has 0 saturated carbocycles. The number of aromatic nitrogens is 2. The van der Waals surface area contributed by atoms with Crippen LogP contribution in [0, 0.1) is 0 Å². The SMILES string of the molecule is O=C(c1ccc(Br)cc1)c1ccc(-n2nc(-c3ccc(O)cc3)c3ccccc3c2=O)cc1. The van der Waals surface area contributed by atoms with Crippen LogP contribution in [0.2, 0.25) is 0 Å². The van der Waals surface area contributed by atoms with E-state index >= 15 is 0 Å². The molecule has 1 aromatic heterocycles. The van der Waals surface area contributed by atoms with E-state index in [1.807, 2.05) is 30.3 Å². The van der Waals surface area contributed by atoms with Crippen molar-refractivity contribution in [3.05, 3.63) is 123 Å². The lowest BCUT2D eigenvalue weighted by Crippen LogP contribution is -2.22. The zero-order valence-electron chi connectivity index (χ0n) is 17.3. The number of carbonyl (C=O) groups is 1. The van der Waals surface area contributed by atoms with Gasteiger partial charge in [0.2, 0.25) is 0 Å². The highest BCUT2D eigenvalue weighted by atomic mass is 79.9.